The summed E-state index contributed by atoms with van der Waals surface area (Å²) in [5.41, 5.74) is 1.94. The van der Waals surface area contributed by atoms with Gasteiger partial charge in [-0.15, -0.1) is 11.8 Å². The molecule has 0 spiro atoms. The quantitative estimate of drug-likeness (QED) is 0.864. The van der Waals surface area contributed by atoms with Gasteiger partial charge in [-0.05, 0) is 30.5 Å². The molecule has 0 amide bonds. The largest absolute Gasteiger partial charge is 0.469 e. The average Bonchev–Trinajstić information content (AvgIpc) is 2.83. The number of hydrogen-bond donors (Lipinski definition) is 1. The second-order valence-electron chi connectivity index (χ2n) is 4.61. The molecule has 2 unspecified atom stereocenters. The minimum atomic E-state index is -0.341. The van der Waals surface area contributed by atoms with Crippen LogP contribution in [0.5, 0.6) is 0 Å². The third-order valence-electron chi connectivity index (χ3n) is 3.26. The molecule has 4 heteroatoms. The van der Waals surface area contributed by atoms with Crippen molar-refractivity contribution in [1.82, 2.24) is 0 Å². The second-order valence-corrected chi connectivity index (χ2v) is 5.78. The summed E-state index contributed by atoms with van der Waals surface area (Å²) in [4.78, 5) is 12.5. The molecule has 0 aromatic heterocycles. The Morgan fingerprint density at radius 1 is 1.58 bits per heavy atom. The number of aliphatic hydroxyl groups excluding tert-OH is 1. The number of benzene rings is 1. The topological polar surface area (TPSA) is 46.5 Å². The Balaban J connectivity index is 2.22. The van der Waals surface area contributed by atoms with Crippen LogP contribution in [-0.2, 0) is 9.53 Å². The van der Waals surface area contributed by atoms with Crippen LogP contribution in [0.15, 0.2) is 29.2 Å². The van der Waals surface area contributed by atoms with Crippen LogP contribution >= 0.6 is 11.8 Å². The van der Waals surface area contributed by atoms with Crippen molar-refractivity contribution >= 4 is 23.8 Å². The van der Waals surface area contributed by atoms with Crippen LogP contribution in [-0.4, -0.2) is 30.0 Å². The van der Waals surface area contributed by atoms with Gasteiger partial charge in [0.25, 0.3) is 0 Å². The number of carbonyl (C=O) groups excluding carboxylic acids is 1. The number of esters is 1. The molecule has 102 valence electrons. The van der Waals surface area contributed by atoms with Crippen molar-refractivity contribution in [3.05, 3.63) is 40.3 Å². The molecule has 1 aromatic rings. The van der Waals surface area contributed by atoms with Gasteiger partial charge in [0, 0.05) is 10.7 Å². The van der Waals surface area contributed by atoms with E-state index in [1.54, 1.807) is 11.8 Å². The Morgan fingerprint density at radius 2 is 2.37 bits per heavy atom. The van der Waals surface area contributed by atoms with Gasteiger partial charge in [0.15, 0.2) is 0 Å². The maximum Gasteiger partial charge on any atom is 0.312 e. The number of methoxy groups -OCH3 is 1. The first-order valence-electron chi connectivity index (χ1n) is 6.32. The third-order valence-corrected chi connectivity index (χ3v) is 4.43. The van der Waals surface area contributed by atoms with Gasteiger partial charge < -0.3 is 9.84 Å². The molecule has 0 aliphatic carbocycles. The number of hydrogen-bond acceptors (Lipinski definition) is 4. The maximum atomic E-state index is 11.5. The second kappa shape index (κ2) is 6.26. The Kier molecular flexibility index (Phi) is 4.66. The fraction of sp³-hybridized carbons (Fsp3) is 0.400. The molecule has 0 radical (unpaired) electrons. The molecule has 1 N–H and O–H groups in total. The SMILES string of the molecule is COC(=O)C(C)c1cccc(C=C2SCCC2O)c1. The molecule has 2 atom stereocenters. The summed E-state index contributed by atoms with van der Waals surface area (Å²) in [7, 11) is 1.40. The highest BCUT2D eigenvalue weighted by atomic mass is 32.2. The first-order chi connectivity index (χ1) is 9.11. The fourth-order valence-corrected chi connectivity index (χ4v) is 3.17. The molecule has 3 nitrogen and oxygen atoms in total. The van der Waals surface area contributed by atoms with Crippen molar-refractivity contribution in [2.45, 2.75) is 25.4 Å². The van der Waals surface area contributed by atoms with Gasteiger partial charge in [0.05, 0.1) is 19.1 Å². The molecule has 1 heterocycles. The summed E-state index contributed by atoms with van der Waals surface area (Å²) < 4.78 is 4.76. The van der Waals surface area contributed by atoms with Gasteiger partial charge in [-0.2, -0.15) is 0 Å². The van der Waals surface area contributed by atoms with Crippen molar-refractivity contribution < 1.29 is 14.6 Å². The van der Waals surface area contributed by atoms with Crippen molar-refractivity contribution in [3.8, 4) is 0 Å². The normalized spacial score (nSPS) is 22.5. The summed E-state index contributed by atoms with van der Waals surface area (Å²) >= 11 is 1.69. The Labute approximate surface area is 117 Å². The van der Waals surface area contributed by atoms with E-state index in [0.717, 1.165) is 28.2 Å². The summed E-state index contributed by atoms with van der Waals surface area (Å²) in [6.45, 7) is 1.83. The van der Waals surface area contributed by atoms with Gasteiger partial charge in [-0.25, -0.2) is 0 Å². The summed E-state index contributed by atoms with van der Waals surface area (Å²) in [5, 5.41) is 9.79. The third kappa shape index (κ3) is 3.39. The summed E-state index contributed by atoms with van der Waals surface area (Å²) in [6.07, 6.45) is 2.47. The molecule has 0 saturated carbocycles. The van der Waals surface area contributed by atoms with E-state index in [-0.39, 0.29) is 18.0 Å². The highest BCUT2D eigenvalue weighted by Crippen LogP contribution is 2.32. The minimum absolute atomic E-state index is 0.236. The van der Waals surface area contributed by atoms with E-state index in [0.29, 0.717) is 0 Å². The Bertz CT molecular complexity index is 496. The highest BCUT2D eigenvalue weighted by molar-refractivity contribution is 8.03. The zero-order valence-electron chi connectivity index (χ0n) is 11.1. The lowest BCUT2D eigenvalue weighted by molar-refractivity contribution is -0.141. The molecule has 1 fully saturated rings. The van der Waals surface area contributed by atoms with Crippen LogP contribution in [0.4, 0.5) is 0 Å². The highest BCUT2D eigenvalue weighted by Gasteiger charge is 2.19. The zero-order chi connectivity index (χ0) is 13.8. The zero-order valence-corrected chi connectivity index (χ0v) is 11.9. The summed E-state index contributed by atoms with van der Waals surface area (Å²) in [6, 6.07) is 7.79. The predicted molar refractivity (Wildman–Crippen MR) is 77.9 cm³/mol. The van der Waals surface area contributed by atoms with E-state index in [1.165, 1.54) is 7.11 Å². The fourth-order valence-electron chi connectivity index (χ4n) is 2.06. The molecule has 1 aliphatic heterocycles. The van der Waals surface area contributed by atoms with Crippen LogP contribution in [0.25, 0.3) is 6.08 Å². The lowest BCUT2D eigenvalue weighted by Crippen LogP contribution is -2.10. The van der Waals surface area contributed by atoms with Gasteiger partial charge >= 0.3 is 5.97 Å². The van der Waals surface area contributed by atoms with Crippen molar-refractivity contribution in [1.29, 1.82) is 0 Å². The standard InChI is InChI=1S/C15H18O3S/c1-10(15(17)18-2)12-5-3-4-11(8-12)9-14-13(16)6-7-19-14/h3-5,8-10,13,16H,6-7H2,1-2H3. The first kappa shape index (κ1) is 14.2. The van der Waals surface area contributed by atoms with E-state index in [2.05, 4.69) is 0 Å². The van der Waals surface area contributed by atoms with E-state index in [9.17, 15) is 9.90 Å². The van der Waals surface area contributed by atoms with Crippen LogP contribution in [0.3, 0.4) is 0 Å². The van der Waals surface area contributed by atoms with Crippen LogP contribution < -0.4 is 0 Å². The van der Waals surface area contributed by atoms with Gasteiger partial charge in [-0.1, -0.05) is 24.3 Å². The van der Waals surface area contributed by atoms with Gasteiger partial charge in [0.2, 0.25) is 0 Å². The van der Waals surface area contributed by atoms with Crippen molar-refractivity contribution in [3.63, 3.8) is 0 Å². The molecule has 0 bridgehead atoms. The van der Waals surface area contributed by atoms with E-state index < -0.39 is 0 Å². The number of thioether (sulfide) groups is 1. The number of ether oxygens (including phenoxy) is 1. The minimum Gasteiger partial charge on any atom is -0.469 e. The predicted octanol–water partition coefficient (Wildman–Crippen LogP) is 2.80. The maximum absolute atomic E-state index is 11.5. The molecule has 2 rings (SSSR count). The monoisotopic (exact) mass is 278 g/mol. The summed E-state index contributed by atoms with van der Waals surface area (Å²) in [5.74, 6) is 0.454. The molecule has 1 aliphatic rings. The lowest BCUT2D eigenvalue weighted by atomic mass is 9.99. The lowest BCUT2D eigenvalue weighted by Gasteiger charge is -2.10. The van der Waals surface area contributed by atoms with Crippen LogP contribution in [0.2, 0.25) is 0 Å². The van der Waals surface area contributed by atoms with Crippen LogP contribution in [0, 0.1) is 0 Å². The van der Waals surface area contributed by atoms with E-state index >= 15 is 0 Å². The van der Waals surface area contributed by atoms with Gasteiger partial charge in [0.1, 0.15) is 0 Å². The molecule has 19 heavy (non-hydrogen) atoms. The number of carbonyl (C=O) groups is 1. The molecular weight excluding hydrogens is 260 g/mol. The molecule has 1 saturated heterocycles. The first-order valence-corrected chi connectivity index (χ1v) is 7.30. The molecule has 1 aromatic carbocycles. The van der Waals surface area contributed by atoms with Crippen LogP contribution in [0.1, 0.15) is 30.4 Å². The Hall–Kier alpha value is -1.26. The average molecular weight is 278 g/mol. The van der Waals surface area contributed by atoms with E-state index in [4.69, 9.17) is 4.74 Å². The number of aliphatic hydroxyl groups is 1. The smallest absolute Gasteiger partial charge is 0.312 e. The van der Waals surface area contributed by atoms with Crippen molar-refractivity contribution in [2.75, 3.05) is 12.9 Å². The van der Waals surface area contributed by atoms with E-state index in [1.807, 2.05) is 37.3 Å². The van der Waals surface area contributed by atoms with Gasteiger partial charge in [-0.3, -0.25) is 4.79 Å². The molecular formula is C15H18O3S. The van der Waals surface area contributed by atoms with Crippen molar-refractivity contribution in [2.24, 2.45) is 0 Å². The number of rotatable bonds is 3. The Morgan fingerprint density at radius 3 is 3.00 bits per heavy atom.